The van der Waals surface area contributed by atoms with Gasteiger partial charge in [0.15, 0.2) is 0 Å². The van der Waals surface area contributed by atoms with Crippen molar-refractivity contribution in [3.05, 3.63) is 58.6 Å². The van der Waals surface area contributed by atoms with Crippen molar-refractivity contribution in [1.82, 2.24) is 20.2 Å². The van der Waals surface area contributed by atoms with Crippen molar-refractivity contribution in [3.63, 3.8) is 0 Å². The lowest BCUT2D eigenvalue weighted by molar-refractivity contribution is 0.0953. The fourth-order valence-electron chi connectivity index (χ4n) is 3.25. The number of likely N-dealkylation sites (N-methyl/N-ethyl adjacent to an activating group) is 1. The predicted octanol–water partition coefficient (Wildman–Crippen LogP) is 2.24. The van der Waals surface area contributed by atoms with E-state index in [9.17, 15) is 14.0 Å². The van der Waals surface area contributed by atoms with E-state index in [0.717, 1.165) is 19.6 Å². The number of carbonyl (C=O) groups excluding carboxylic acids is 2. The van der Waals surface area contributed by atoms with E-state index in [1.165, 1.54) is 29.3 Å². The minimum atomic E-state index is -0.556. The van der Waals surface area contributed by atoms with Crippen LogP contribution in [0.5, 0.6) is 0 Å². The summed E-state index contributed by atoms with van der Waals surface area (Å²) in [6.07, 6.45) is 1.39. The average Bonchev–Trinajstić information content (AvgIpc) is 2.79. The van der Waals surface area contributed by atoms with Crippen LogP contribution in [0.15, 0.2) is 36.5 Å². The molecule has 0 bridgehead atoms. The Bertz CT molecular complexity index is 903. The predicted molar refractivity (Wildman–Crippen MR) is 113 cm³/mol. The van der Waals surface area contributed by atoms with E-state index in [1.54, 1.807) is 17.0 Å². The van der Waals surface area contributed by atoms with Gasteiger partial charge in [-0.2, -0.15) is 0 Å². The van der Waals surface area contributed by atoms with E-state index >= 15 is 0 Å². The SMILES string of the molecule is CCN1CCN(C(=O)N(Cc2ccc(C(=O)NN)cn2)c2ccc(F)c(Cl)c2)CC1. The number of halogens is 2. The van der Waals surface area contributed by atoms with Crippen LogP contribution in [0.3, 0.4) is 0 Å². The number of urea groups is 1. The van der Waals surface area contributed by atoms with E-state index in [2.05, 4.69) is 16.8 Å². The molecule has 1 saturated heterocycles. The van der Waals surface area contributed by atoms with Gasteiger partial charge in [-0.15, -0.1) is 0 Å². The highest BCUT2D eigenvalue weighted by atomic mass is 35.5. The van der Waals surface area contributed by atoms with Crippen LogP contribution in [0.2, 0.25) is 5.02 Å². The minimum Gasteiger partial charge on any atom is -0.322 e. The Balaban J connectivity index is 1.85. The number of hydrazine groups is 1. The summed E-state index contributed by atoms with van der Waals surface area (Å²) in [6.45, 7) is 5.95. The second-order valence-corrected chi connectivity index (χ2v) is 7.31. The summed E-state index contributed by atoms with van der Waals surface area (Å²) in [6, 6.07) is 7.18. The molecule has 10 heteroatoms. The molecule has 2 heterocycles. The largest absolute Gasteiger partial charge is 0.324 e. The van der Waals surface area contributed by atoms with Crippen LogP contribution in [0.25, 0.3) is 0 Å². The molecule has 1 aliphatic rings. The molecule has 3 N–H and O–H groups in total. The zero-order valence-electron chi connectivity index (χ0n) is 16.6. The van der Waals surface area contributed by atoms with Crippen molar-refractivity contribution >= 4 is 29.2 Å². The quantitative estimate of drug-likeness (QED) is 0.427. The number of nitrogens with two attached hydrogens (primary N) is 1. The fourth-order valence-corrected chi connectivity index (χ4v) is 3.42. The van der Waals surface area contributed by atoms with E-state index < -0.39 is 11.7 Å². The number of pyridine rings is 1. The first kappa shape index (κ1) is 21.9. The van der Waals surface area contributed by atoms with Gasteiger partial charge in [-0.1, -0.05) is 18.5 Å². The number of hydrogen-bond donors (Lipinski definition) is 2. The van der Waals surface area contributed by atoms with Crippen LogP contribution in [0.4, 0.5) is 14.9 Å². The number of carbonyl (C=O) groups is 2. The topological polar surface area (TPSA) is 94.8 Å². The third-order valence-corrected chi connectivity index (χ3v) is 5.36. The lowest BCUT2D eigenvalue weighted by atomic mass is 10.2. The van der Waals surface area contributed by atoms with Crippen LogP contribution in [0, 0.1) is 5.82 Å². The Morgan fingerprint density at radius 2 is 1.97 bits per heavy atom. The number of nitrogens with one attached hydrogen (secondary N) is 1. The summed E-state index contributed by atoms with van der Waals surface area (Å²) in [4.78, 5) is 34.7. The third-order valence-electron chi connectivity index (χ3n) is 5.07. The zero-order chi connectivity index (χ0) is 21.7. The van der Waals surface area contributed by atoms with Crippen molar-refractivity contribution in [2.75, 3.05) is 37.6 Å². The number of piperazine rings is 1. The van der Waals surface area contributed by atoms with Gasteiger partial charge in [-0.3, -0.25) is 20.1 Å². The van der Waals surface area contributed by atoms with Crippen LogP contribution in [-0.4, -0.2) is 59.4 Å². The van der Waals surface area contributed by atoms with Gasteiger partial charge in [-0.05, 0) is 36.9 Å². The van der Waals surface area contributed by atoms with Crippen molar-refractivity contribution < 1.29 is 14.0 Å². The molecule has 160 valence electrons. The molecule has 1 aromatic heterocycles. The van der Waals surface area contributed by atoms with Gasteiger partial charge in [0.05, 0.1) is 22.8 Å². The number of anilines is 1. The van der Waals surface area contributed by atoms with Crippen molar-refractivity contribution in [2.24, 2.45) is 5.84 Å². The lowest BCUT2D eigenvalue weighted by Gasteiger charge is -2.37. The summed E-state index contributed by atoms with van der Waals surface area (Å²) in [5.41, 5.74) is 3.38. The van der Waals surface area contributed by atoms with Crippen LogP contribution < -0.4 is 16.2 Å². The zero-order valence-corrected chi connectivity index (χ0v) is 17.4. The number of hydrogen-bond acceptors (Lipinski definition) is 5. The highest BCUT2D eigenvalue weighted by Crippen LogP contribution is 2.25. The molecular formula is C20H24ClFN6O2. The normalized spacial score (nSPS) is 14.5. The molecule has 0 aliphatic carbocycles. The Hall–Kier alpha value is -2.75. The Morgan fingerprint density at radius 1 is 1.23 bits per heavy atom. The summed E-state index contributed by atoms with van der Waals surface area (Å²) < 4.78 is 13.7. The van der Waals surface area contributed by atoms with Gasteiger partial charge < -0.3 is 9.80 Å². The smallest absolute Gasteiger partial charge is 0.322 e. The third kappa shape index (κ3) is 5.05. The Labute approximate surface area is 179 Å². The number of benzene rings is 1. The molecule has 1 aromatic carbocycles. The minimum absolute atomic E-state index is 0.0657. The highest BCUT2D eigenvalue weighted by Gasteiger charge is 2.26. The van der Waals surface area contributed by atoms with Crippen LogP contribution in [0.1, 0.15) is 23.0 Å². The monoisotopic (exact) mass is 434 g/mol. The molecule has 0 saturated carbocycles. The van der Waals surface area contributed by atoms with E-state index in [4.69, 9.17) is 17.4 Å². The first-order valence-electron chi connectivity index (χ1n) is 9.62. The molecule has 0 unspecified atom stereocenters. The van der Waals surface area contributed by atoms with Crippen LogP contribution >= 0.6 is 11.6 Å². The molecule has 0 spiro atoms. The molecule has 1 aliphatic heterocycles. The van der Waals surface area contributed by atoms with Gasteiger partial charge in [0.1, 0.15) is 5.82 Å². The average molecular weight is 435 g/mol. The first-order valence-corrected chi connectivity index (χ1v) is 10.0. The second kappa shape index (κ2) is 9.84. The van der Waals surface area contributed by atoms with Crippen LogP contribution in [-0.2, 0) is 6.54 Å². The maximum atomic E-state index is 13.7. The van der Waals surface area contributed by atoms with Gasteiger partial charge in [0.25, 0.3) is 5.91 Å². The van der Waals surface area contributed by atoms with E-state index in [-0.39, 0.29) is 17.6 Å². The van der Waals surface area contributed by atoms with E-state index in [0.29, 0.717) is 30.0 Å². The van der Waals surface area contributed by atoms with Crippen molar-refractivity contribution in [2.45, 2.75) is 13.5 Å². The molecule has 0 atom stereocenters. The van der Waals surface area contributed by atoms with Crippen molar-refractivity contribution in [1.29, 1.82) is 0 Å². The standard InChI is InChI=1S/C20H24ClFN6O2/c1-2-26-7-9-27(10-8-26)20(30)28(16-5-6-18(22)17(21)11-16)13-15-4-3-14(12-24-15)19(29)25-23/h3-6,11-12H,2,7-10,13,23H2,1H3,(H,25,29). The number of aromatic nitrogens is 1. The van der Waals surface area contributed by atoms with Gasteiger partial charge in [-0.25, -0.2) is 15.0 Å². The molecule has 0 radical (unpaired) electrons. The molecule has 30 heavy (non-hydrogen) atoms. The molecule has 3 amide bonds. The summed E-state index contributed by atoms with van der Waals surface area (Å²) in [5.74, 6) is 4.12. The fraction of sp³-hybridized carbons (Fsp3) is 0.350. The van der Waals surface area contributed by atoms with Gasteiger partial charge in [0, 0.05) is 38.1 Å². The maximum absolute atomic E-state index is 13.7. The highest BCUT2D eigenvalue weighted by molar-refractivity contribution is 6.31. The number of nitrogen functional groups attached to an aromatic ring is 1. The Kier molecular flexibility index (Phi) is 7.20. The summed E-state index contributed by atoms with van der Waals surface area (Å²) >= 11 is 5.96. The molecule has 8 nitrogen and oxygen atoms in total. The number of rotatable bonds is 5. The second-order valence-electron chi connectivity index (χ2n) is 6.90. The Morgan fingerprint density at radius 3 is 2.53 bits per heavy atom. The summed E-state index contributed by atoms with van der Waals surface area (Å²) in [5, 5.41) is -0.0657. The number of amides is 3. The molecule has 1 fully saturated rings. The van der Waals surface area contributed by atoms with Crippen molar-refractivity contribution in [3.8, 4) is 0 Å². The van der Waals surface area contributed by atoms with Gasteiger partial charge in [0.2, 0.25) is 0 Å². The molecule has 3 rings (SSSR count). The van der Waals surface area contributed by atoms with E-state index in [1.807, 2.05) is 5.43 Å². The number of nitrogens with zero attached hydrogens (tertiary/aromatic N) is 4. The molecule has 2 aromatic rings. The summed E-state index contributed by atoms with van der Waals surface area (Å²) in [7, 11) is 0. The maximum Gasteiger partial charge on any atom is 0.324 e. The lowest BCUT2D eigenvalue weighted by Crippen LogP contribution is -2.52. The van der Waals surface area contributed by atoms with Gasteiger partial charge >= 0.3 is 6.03 Å². The molecular weight excluding hydrogens is 411 g/mol. The first-order chi connectivity index (χ1) is 14.4.